The van der Waals surface area contributed by atoms with Crippen LogP contribution in [0.4, 0.5) is 0 Å². The third-order valence-corrected chi connectivity index (χ3v) is 6.04. The average Bonchev–Trinajstić information content (AvgIpc) is 2.83. The van der Waals surface area contributed by atoms with Gasteiger partial charge in [-0.05, 0) is 98.3 Å². The number of phenolic OH excluding ortho intramolecular Hbond substituents is 3. The van der Waals surface area contributed by atoms with Gasteiger partial charge in [-0.2, -0.15) is 0 Å². The van der Waals surface area contributed by atoms with Crippen molar-refractivity contribution in [2.45, 2.75) is 79.8 Å². The Morgan fingerprint density at radius 2 is 1.39 bits per heavy atom. The average molecular weight is 523 g/mol. The van der Waals surface area contributed by atoms with Crippen molar-refractivity contribution >= 4 is 0 Å². The van der Waals surface area contributed by atoms with Crippen LogP contribution in [0.3, 0.4) is 0 Å². The zero-order valence-electron chi connectivity index (χ0n) is 25.0. The molecule has 0 aliphatic heterocycles. The first-order valence-electron chi connectivity index (χ1n) is 13.5. The van der Waals surface area contributed by atoms with Gasteiger partial charge in [0.15, 0.2) is 0 Å². The molecule has 0 saturated carbocycles. The van der Waals surface area contributed by atoms with Crippen LogP contribution < -0.4 is 5.32 Å². The second-order valence-electron chi connectivity index (χ2n) is 11.1. The van der Waals surface area contributed by atoms with E-state index in [1.807, 2.05) is 64.3 Å². The summed E-state index contributed by atoms with van der Waals surface area (Å²) in [6, 6.07) is 17.3. The molecule has 0 saturated heterocycles. The van der Waals surface area contributed by atoms with Crippen LogP contribution in [-0.4, -0.2) is 40.9 Å². The quantitative estimate of drug-likeness (QED) is 0.247. The Labute approximate surface area is 231 Å². The summed E-state index contributed by atoms with van der Waals surface area (Å²) in [7, 11) is 4.08. The summed E-state index contributed by atoms with van der Waals surface area (Å²) < 4.78 is 0. The summed E-state index contributed by atoms with van der Waals surface area (Å²) in [6.07, 6.45) is 2.03. The molecule has 0 unspecified atom stereocenters. The molecule has 38 heavy (non-hydrogen) atoms. The van der Waals surface area contributed by atoms with E-state index >= 15 is 0 Å². The van der Waals surface area contributed by atoms with Gasteiger partial charge in [0.25, 0.3) is 0 Å². The van der Waals surface area contributed by atoms with E-state index in [0.29, 0.717) is 17.2 Å². The number of aryl methyl sites for hydroxylation is 3. The molecule has 0 fully saturated rings. The lowest BCUT2D eigenvalue weighted by Gasteiger charge is -2.19. The molecule has 0 aliphatic carbocycles. The summed E-state index contributed by atoms with van der Waals surface area (Å²) in [5, 5.41) is 31.8. The van der Waals surface area contributed by atoms with Gasteiger partial charge >= 0.3 is 0 Å². The summed E-state index contributed by atoms with van der Waals surface area (Å²) in [4.78, 5) is 2.12. The lowest BCUT2D eigenvalue weighted by molar-refractivity contribution is 0.401. The van der Waals surface area contributed by atoms with Crippen molar-refractivity contribution in [2.75, 3.05) is 20.6 Å². The molecule has 5 nitrogen and oxygen atoms in total. The predicted octanol–water partition coefficient (Wildman–Crippen LogP) is 7.21. The van der Waals surface area contributed by atoms with Crippen molar-refractivity contribution in [3.63, 3.8) is 0 Å². The van der Waals surface area contributed by atoms with Crippen molar-refractivity contribution in [1.29, 1.82) is 0 Å². The van der Waals surface area contributed by atoms with E-state index in [1.165, 1.54) is 11.1 Å². The maximum atomic E-state index is 9.55. The van der Waals surface area contributed by atoms with Crippen LogP contribution >= 0.6 is 0 Å². The second kappa shape index (κ2) is 16.1. The van der Waals surface area contributed by atoms with Crippen molar-refractivity contribution in [2.24, 2.45) is 0 Å². The van der Waals surface area contributed by atoms with Gasteiger partial charge in [-0.3, -0.25) is 0 Å². The molecule has 4 N–H and O–H groups in total. The number of rotatable bonds is 7. The Balaban J connectivity index is 0.000000287. The molecule has 3 rings (SSSR count). The monoisotopic (exact) mass is 522 g/mol. The molecule has 0 spiro atoms. The zero-order valence-corrected chi connectivity index (χ0v) is 25.0. The van der Waals surface area contributed by atoms with E-state index in [0.717, 1.165) is 54.7 Å². The first kappa shape index (κ1) is 33.0. The van der Waals surface area contributed by atoms with Gasteiger partial charge in [-0.25, -0.2) is 0 Å². The molecule has 0 bridgehead atoms. The summed E-state index contributed by atoms with van der Waals surface area (Å²) in [5.41, 5.74) is 6.46. The number of hydrogen-bond donors (Lipinski definition) is 4. The highest BCUT2D eigenvalue weighted by Crippen LogP contribution is 2.29. The molecular formula is C33H50N2O3. The van der Waals surface area contributed by atoms with Crippen LogP contribution in [-0.2, 0) is 24.9 Å². The third-order valence-electron chi connectivity index (χ3n) is 6.04. The highest BCUT2D eigenvalue weighted by molar-refractivity contribution is 5.42. The Morgan fingerprint density at radius 3 is 1.87 bits per heavy atom. The Bertz CT molecular complexity index is 1090. The van der Waals surface area contributed by atoms with Crippen molar-refractivity contribution < 1.29 is 15.3 Å². The molecule has 0 amide bonds. The van der Waals surface area contributed by atoms with Crippen LogP contribution in [0.15, 0.2) is 54.6 Å². The van der Waals surface area contributed by atoms with Gasteiger partial charge in [0.2, 0.25) is 0 Å². The molecule has 3 aromatic rings. The molecule has 0 aliphatic rings. The molecule has 0 atom stereocenters. The highest BCUT2D eigenvalue weighted by Gasteiger charge is 2.16. The molecule has 210 valence electrons. The maximum absolute atomic E-state index is 9.55. The fourth-order valence-electron chi connectivity index (χ4n) is 4.05. The molecule has 0 radical (unpaired) electrons. The number of benzene rings is 3. The largest absolute Gasteiger partial charge is 0.508 e. The standard InChI is InChI=1S/C12H19NO.C11H17NO.C10H14O/c1-3-7-13-9-10-5-6-12(14)11(4-2)8-10;1-8-5-10(7-12(3)4)6-9(2)11(8)13;1-10(2,3)8-6-4-5-7-9(8)11/h5-6,8,13-14H,3-4,7,9H2,1-2H3;5-6,13H,7H2,1-4H3;4-7,11H,1-3H3. The first-order valence-corrected chi connectivity index (χ1v) is 13.5. The number of hydrogen-bond acceptors (Lipinski definition) is 5. The van der Waals surface area contributed by atoms with Crippen LogP contribution in [0, 0.1) is 13.8 Å². The third kappa shape index (κ3) is 11.6. The van der Waals surface area contributed by atoms with E-state index in [9.17, 15) is 15.3 Å². The highest BCUT2D eigenvalue weighted by atomic mass is 16.3. The fraction of sp³-hybridized carbons (Fsp3) is 0.455. The van der Waals surface area contributed by atoms with E-state index in [4.69, 9.17) is 0 Å². The van der Waals surface area contributed by atoms with Gasteiger partial charge in [0, 0.05) is 13.1 Å². The fourth-order valence-corrected chi connectivity index (χ4v) is 4.05. The predicted molar refractivity (Wildman–Crippen MR) is 161 cm³/mol. The van der Waals surface area contributed by atoms with Crippen LogP contribution in [0.2, 0.25) is 0 Å². The van der Waals surface area contributed by atoms with E-state index in [1.54, 1.807) is 12.1 Å². The maximum Gasteiger partial charge on any atom is 0.121 e. The zero-order chi connectivity index (χ0) is 28.9. The Kier molecular flexibility index (Phi) is 13.9. The van der Waals surface area contributed by atoms with Gasteiger partial charge in [0.1, 0.15) is 17.2 Å². The first-order chi connectivity index (χ1) is 17.8. The number of phenols is 3. The number of nitrogens with zero attached hydrogens (tertiary/aromatic N) is 1. The lowest BCUT2D eigenvalue weighted by Crippen LogP contribution is -2.13. The summed E-state index contributed by atoms with van der Waals surface area (Å²) >= 11 is 0. The van der Waals surface area contributed by atoms with Gasteiger partial charge < -0.3 is 25.5 Å². The van der Waals surface area contributed by atoms with Crippen molar-refractivity contribution in [1.82, 2.24) is 10.2 Å². The lowest BCUT2D eigenvalue weighted by atomic mass is 9.86. The van der Waals surface area contributed by atoms with Gasteiger partial charge in [0.05, 0.1) is 0 Å². The molecule has 0 heterocycles. The van der Waals surface area contributed by atoms with Gasteiger partial charge in [-0.15, -0.1) is 0 Å². The smallest absolute Gasteiger partial charge is 0.121 e. The van der Waals surface area contributed by atoms with Crippen LogP contribution in [0.25, 0.3) is 0 Å². The SMILES string of the molecule is CC(C)(C)c1ccccc1O.CCCNCc1ccc(O)c(CC)c1.Cc1cc(CN(C)C)cc(C)c1O. The van der Waals surface area contributed by atoms with E-state index in [2.05, 4.69) is 50.9 Å². The minimum absolute atomic E-state index is 0.0331. The number of nitrogens with one attached hydrogen (secondary N) is 1. The van der Waals surface area contributed by atoms with E-state index in [-0.39, 0.29) is 5.41 Å². The molecule has 3 aromatic carbocycles. The summed E-state index contributed by atoms with van der Waals surface area (Å²) in [5.74, 6) is 1.22. The van der Waals surface area contributed by atoms with Gasteiger partial charge in [-0.1, -0.05) is 77.1 Å². The van der Waals surface area contributed by atoms with E-state index < -0.39 is 0 Å². The summed E-state index contributed by atoms with van der Waals surface area (Å²) in [6.45, 7) is 17.2. The molecule has 5 heteroatoms. The van der Waals surface area contributed by atoms with Crippen LogP contribution in [0.5, 0.6) is 17.2 Å². The minimum Gasteiger partial charge on any atom is -0.508 e. The Morgan fingerprint density at radius 1 is 0.789 bits per heavy atom. The van der Waals surface area contributed by atoms with Crippen molar-refractivity contribution in [3.05, 3.63) is 88.0 Å². The normalized spacial score (nSPS) is 10.9. The van der Waals surface area contributed by atoms with Crippen molar-refractivity contribution in [3.8, 4) is 17.2 Å². The van der Waals surface area contributed by atoms with Crippen LogP contribution in [0.1, 0.15) is 74.4 Å². The second-order valence-corrected chi connectivity index (χ2v) is 11.1. The molecular weight excluding hydrogens is 472 g/mol. The Hall–Kier alpha value is -3.02. The number of para-hydroxylation sites is 1. The molecule has 0 aromatic heterocycles. The minimum atomic E-state index is 0.0331. The topological polar surface area (TPSA) is 76.0 Å². The number of aromatic hydroxyl groups is 3.